The van der Waals surface area contributed by atoms with Crippen LogP contribution in [-0.2, 0) is 14.3 Å². The van der Waals surface area contributed by atoms with Crippen LogP contribution in [0.15, 0.2) is 12.3 Å². The van der Waals surface area contributed by atoms with Crippen LogP contribution < -0.4 is 0 Å². The van der Waals surface area contributed by atoms with Crippen molar-refractivity contribution in [1.82, 2.24) is 0 Å². The number of unbranched alkanes of at least 4 members (excludes halogenated alkanes) is 5. The standard InChI is InChI=1S/C12H22O3/c1-2-14-12-15-11-9-7-5-3-4-6-8-10-13/h9-11H,2-8,12H2,1H3. The van der Waals surface area contributed by atoms with Gasteiger partial charge in [-0.25, -0.2) is 0 Å². The van der Waals surface area contributed by atoms with Gasteiger partial charge in [0.1, 0.15) is 6.29 Å². The van der Waals surface area contributed by atoms with Crippen LogP contribution >= 0.6 is 0 Å². The molecule has 0 radical (unpaired) electrons. The van der Waals surface area contributed by atoms with E-state index in [1.807, 2.05) is 13.0 Å². The summed E-state index contributed by atoms with van der Waals surface area (Å²) in [6, 6.07) is 0. The van der Waals surface area contributed by atoms with E-state index in [9.17, 15) is 4.79 Å². The molecule has 0 aliphatic carbocycles. The molecule has 0 aromatic heterocycles. The Balaban J connectivity index is 2.99. The van der Waals surface area contributed by atoms with Gasteiger partial charge >= 0.3 is 0 Å². The minimum Gasteiger partial charge on any atom is -0.475 e. The van der Waals surface area contributed by atoms with Crippen LogP contribution in [0, 0.1) is 0 Å². The second-order valence-electron chi connectivity index (χ2n) is 3.31. The second kappa shape index (κ2) is 13.2. The van der Waals surface area contributed by atoms with Crippen LogP contribution in [0.3, 0.4) is 0 Å². The number of allylic oxidation sites excluding steroid dienone is 1. The number of carbonyl (C=O) groups excluding carboxylic acids is 1. The van der Waals surface area contributed by atoms with E-state index in [1.165, 1.54) is 6.42 Å². The molecule has 3 heteroatoms. The van der Waals surface area contributed by atoms with Crippen molar-refractivity contribution in [3.63, 3.8) is 0 Å². The maximum Gasteiger partial charge on any atom is 0.188 e. The molecule has 0 heterocycles. The maximum absolute atomic E-state index is 10.0. The Morgan fingerprint density at radius 1 is 1.07 bits per heavy atom. The summed E-state index contributed by atoms with van der Waals surface area (Å²) >= 11 is 0. The number of hydrogen-bond acceptors (Lipinski definition) is 3. The lowest BCUT2D eigenvalue weighted by Gasteiger charge is -1.99. The molecule has 0 unspecified atom stereocenters. The smallest absolute Gasteiger partial charge is 0.188 e. The summed E-state index contributed by atoms with van der Waals surface area (Å²) in [6.07, 6.45) is 10.9. The Morgan fingerprint density at radius 2 is 1.80 bits per heavy atom. The Labute approximate surface area is 92.5 Å². The fraction of sp³-hybridized carbons (Fsp3) is 0.750. The minimum absolute atomic E-state index is 0.340. The third kappa shape index (κ3) is 13.2. The predicted molar refractivity (Wildman–Crippen MR) is 60.5 cm³/mol. The predicted octanol–water partition coefficient (Wildman–Crippen LogP) is 3.05. The lowest BCUT2D eigenvalue weighted by atomic mass is 10.1. The fourth-order valence-corrected chi connectivity index (χ4v) is 1.15. The molecular formula is C12H22O3. The van der Waals surface area contributed by atoms with Gasteiger partial charge in [0.05, 0.1) is 6.26 Å². The van der Waals surface area contributed by atoms with Crippen molar-refractivity contribution in [3.05, 3.63) is 12.3 Å². The van der Waals surface area contributed by atoms with Crippen molar-refractivity contribution in [1.29, 1.82) is 0 Å². The highest BCUT2D eigenvalue weighted by Crippen LogP contribution is 2.04. The first-order chi connectivity index (χ1) is 7.41. The average molecular weight is 214 g/mol. The SMILES string of the molecule is CCOCOC=CCCCCCCC=O. The van der Waals surface area contributed by atoms with Crippen LogP contribution in [0.2, 0.25) is 0 Å². The summed E-state index contributed by atoms with van der Waals surface area (Å²) < 4.78 is 10.1. The fourth-order valence-electron chi connectivity index (χ4n) is 1.15. The molecule has 0 saturated carbocycles. The van der Waals surface area contributed by atoms with Gasteiger partial charge < -0.3 is 14.3 Å². The zero-order valence-corrected chi connectivity index (χ0v) is 9.61. The zero-order valence-electron chi connectivity index (χ0n) is 9.61. The molecule has 88 valence electrons. The molecule has 0 rings (SSSR count). The van der Waals surface area contributed by atoms with Crippen molar-refractivity contribution in [2.24, 2.45) is 0 Å². The number of rotatable bonds is 11. The molecule has 0 bridgehead atoms. The van der Waals surface area contributed by atoms with Crippen LogP contribution in [0.5, 0.6) is 0 Å². The van der Waals surface area contributed by atoms with Gasteiger partial charge in [0, 0.05) is 13.0 Å². The maximum atomic E-state index is 10.0. The van der Waals surface area contributed by atoms with E-state index in [0.717, 1.165) is 32.0 Å². The number of carbonyl (C=O) groups is 1. The summed E-state index contributed by atoms with van der Waals surface area (Å²) in [5.41, 5.74) is 0. The van der Waals surface area contributed by atoms with Gasteiger partial charge in [-0.2, -0.15) is 0 Å². The number of hydrogen-bond donors (Lipinski definition) is 0. The van der Waals surface area contributed by atoms with Gasteiger partial charge in [-0.3, -0.25) is 0 Å². The van der Waals surface area contributed by atoms with Crippen LogP contribution in [0.1, 0.15) is 45.4 Å². The molecule has 0 aromatic carbocycles. The van der Waals surface area contributed by atoms with Crippen molar-refractivity contribution in [2.45, 2.75) is 45.4 Å². The highest BCUT2D eigenvalue weighted by atomic mass is 16.7. The highest BCUT2D eigenvalue weighted by molar-refractivity contribution is 5.48. The Morgan fingerprint density at radius 3 is 2.47 bits per heavy atom. The molecule has 0 aliphatic heterocycles. The van der Waals surface area contributed by atoms with Crippen LogP contribution in [0.4, 0.5) is 0 Å². The minimum atomic E-state index is 0.340. The molecule has 15 heavy (non-hydrogen) atoms. The van der Waals surface area contributed by atoms with Crippen molar-refractivity contribution in [2.75, 3.05) is 13.4 Å². The molecule has 0 N–H and O–H groups in total. The van der Waals surface area contributed by atoms with E-state index in [1.54, 1.807) is 6.26 Å². The van der Waals surface area contributed by atoms with Crippen LogP contribution in [-0.4, -0.2) is 19.7 Å². The summed E-state index contributed by atoms with van der Waals surface area (Å²) in [7, 11) is 0. The van der Waals surface area contributed by atoms with E-state index in [-0.39, 0.29) is 0 Å². The van der Waals surface area contributed by atoms with Gasteiger partial charge in [0.15, 0.2) is 6.79 Å². The quantitative estimate of drug-likeness (QED) is 0.229. The third-order valence-corrected chi connectivity index (χ3v) is 1.99. The van der Waals surface area contributed by atoms with Crippen molar-refractivity contribution < 1.29 is 14.3 Å². The Bertz CT molecular complexity index is 155. The average Bonchev–Trinajstić information content (AvgIpc) is 2.26. The van der Waals surface area contributed by atoms with Gasteiger partial charge in [0.2, 0.25) is 0 Å². The van der Waals surface area contributed by atoms with Crippen molar-refractivity contribution >= 4 is 6.29 Å². The molecular weight excluding hydrogens is 192 g/mol. The monoisotopic (exact) mass is 214 g/mol. The van der Waals surface area contributed by atoms with E-state index >= 15 is 0 Å². The normalized spacial score (nSPS) is 10.7. The largest absolute Gasteiger partial charge is 0.475 e. The first-order valence-electron chi connectivity index (χ1n) is 5.69. The molecule has 0 fully saturated rings. The molecule has 0 spiro atoms. The summed E-state index contributed by atoms with van der Waals surface area (Å²) in [5, 5.41) is 0. The van der Waals surface area contributed by atoms with E-state index in [2.05, 4.69) is 0 Å². The highest BCUT2D eigenvalue weighted by Gasteiger charge is 1.88. The molecule has 0 atom stereocenters. The lowest BCUT2D eigenvalue weighted by Crippen LogP contribution is -1.93. The van der Waals surface area contributed by atoms with Gasteiger partial charge in [-0.05, 0) is 32.3 Å². The third-order valence-electron chi connectivity index (χ3n) is 1.99. The molecule has 0 aliphatic rings. The van der Waals surface area contributed by atoms with E-state index in [0.29, 0.717) is 19.8 Å². The second-order valence-corrected chi connectivity index (χ2v) is 3.31. The number of aldehydes is 1. The van der Waals surface area contributed by atoms with Crippen molar-refractivity contribution in [3.8, 4) is 0 Å². The molecule has 0 aromatic rings. The number of ether oxygens (including phenoxy) is 2. The Hall–Kier alpha value is -0.830. The van der Waals surface area contributed by atoms with Gasteiger partial charge in [-0.1, -0.05) is 12.8 Å². The summed E-state index contributed by atoms with van der Waals surface area (Å²) in [4.78, 5) is 10.0. The van der Waals surface area contributed by atoms with Gasteiger partial charge in [0.25, 0.3) is 0 Å². The van der Waals surface area contributed by atoms with Crippen LogP contribution in [0.25, 0.3) is 0 Å². The lowest BCUT2D eigenvalue weighted by molar-refractivity contribution is -0.107. The Kier molecular flexibility index (Phi) is 12.4. The topological polar surface area (TPSA) is 35.5 Å². The summed E-state index contributed by atoms with van der Waals surface area (Å²) in [5.74, 6) is 0. The molecule has 0 saturated heterocycles. The first-order valence-corrected chi connectivity index (χ1v) is 5.69. The first kappa shape index (κ1) is 14.2. The molecule has 0 amide bonds. The van der Waals surface area contributed by atoms with E-state index in [4.69, 9.17) is 9.47 Å². The summed E-state index contributed by atoms with van der Waals surface area (Å²) in [6.45, 7) is 2.96. The van der Waals surface area contributed by atoms with E-state index < -0.39 is 0 Å². The van der Waals surface area contributed by atoms with Gasteiger partial charge in [-0.15, -0.1) is 0 Å². The zero-order chi connectivity index (χ0) is 11.2. The molecule has 3 nitrogen and oxygen atoms in total.